The molecule has 0 saturated carbocycles. The van der Waals surface area contributed by atoms with Crippen LogP contribution in [-0.4, -0.2) is 19.5 Å². The lowest BCUT2D eigenvalue weighted by atomic mass is 10.2. The number of hydrogen-bond donors (Lipinski definition) is 2. The minimum Gasteiger partial charge on any atom is -0.351 e. The standard InChI is InChI=1S/C10H12BrFN2O.ClH/c1-13-6-10(15)14-5-7-2-3-8(12)4-9(7)11;/h2-4,13H,5-6H2,1H3,(H,14,15);1H. The highest BCUT2D eigenvalue weighted by molar-refractivity contribution is 9.10. The molecule has 0 unspecified atom stereocenters. The Hall–Kier alpha value is -0.650. The predicted octanol–water partition coefficient (Wildman–Crippen LogP) is 1.85. The van der Waals surface area contributed by atoms with Crippen molar-refractivity contribution in [2.24, 2.45) is 0 Å². The molecule has 16 heavy (non-hydrogen) atoms. The van der Waals surface area contributed by atoms with E-state index >= 15 is 0 Å². The molecule has 0 aromatic heterocycles. The number of carbonyl (C=O) groups excluding carboxylic acids is 1. The molecule has 1 amide bonds. The van der Waals surface area contributed by atoms with Gasteiger partial charge in [0.25, 0.3) is 0 Å². The molecule has 0 aliphatic heterocycles. The maximum atomic E-state index is 12.7. The topological polar surface area (TPSA) is 41.1 Å². The number of carbonyl (C=O) groups is 1. The first kappa shape index (κ1) is 15.3. The Balaban J connectivity index is 0.00000225. The average molecular weight is 312 g/mol. The second-order valence-corrected chi connectivity index (χ2v) is 3.90. The lowest BCUT2D eigenvalue weighted by Crippen LogP contribution is -2.31. The number of amides is 1. The first-order valence-corrected chi connectivity index (χ1v) is 5.28. The van der Waals surface area contributed by atoms with Crippen molar-refractivity contribution in [1.29, 1.82) is 0 Å². The zero-order valence-corrected chi connectivity index (χ0v) is 11.1. The van der Waals surface area contributed by atoms with Crippen LogP contribution in [-0.2, 0) is 11.3 Å². The van der Waals surface area contributed by atoms with Crippen molar-refractivity contribution in [3.05, 3.63) is 34.1 Å². The number of hydrogen-bond acceptors (Lipinski definition) is 2. The fourth-order valence-electron chi connectivity index (χ4n) is 1.08. The molecule has 0 aliphatic carbocycles. The Kier molecular flexibility index (Phi) is 7.29. The van der Waals surface area contributed by atoms with Gasteiger partial charge in [0, 0.05) is 11.0 Å². The van der Waals surface area contributed by atoms with E-state index in [0.717, 1.165) is 5.56 Å². The van der Waals surface area contributed by atoms with Gasteiger partial charge in [-0.2, -0.15) is 0 Å². The lowest BCUT2D eigenvalue weighted by molar-refractivity contribution is -0.120. The molecular formula is C10H13BrClFN2O. The van der Waals surface area contributed by atoms with Crippen LogP contribution in [0.5, 0.6) is 0 Å². The number of likely N-dealkylation sites (N-methyl/N-ethyl adjacent to an activating group) is 1. The third-order valence-electron chi connectivity index (χ3n) is 1.83. The maximum absolute atomic E-state index is 12.7. The molecule has 1 aromatic carbocycles. The number of benzene rings is 1. The monoisotopic (exact) mass is 310 g/mol. The minimum atomic E-state index is -0.299. The summed E-state index contributed by atoms with van der Waals surface area (Å²) in [5.74, 6) is -0.388. The first-order chi connectivity index (χ1) is 7.13. The molecule has 0 spiro atoms. The van der Waals surface area contributed by atoms with Gasteiger partial charge >= 0.3 is 0 Å². The highest BCUT2D eigenvalue weighted by atomic mass is 79.9. The third kappa shape index (κ3) is 4.92. The summed E-state index contributed by atoms with van der Waals surface area (Å²) in [5, 5.41) is 5.45. The summed E-state index contributed by atoms with van der Waals surface area (Å²) in [5.41, 5.74) is 0.848. The van der Waals surface area contributed by atoms with E-state index in [1.54, 1.807) is 13.1 Å². The van der Waals surface area contributed by atoms with Crippen LogP contribution in [0.25, 0.3) is 0 Å². The molecule has 3 nitrogen and oxygen atoms in total. The third-order valence-corrected chi connectivity index (χ3v) is 2.57. The van der Waals surface area contributed by atoms with Crippen molar-refractivity contribution in [2.45, 2.75) is 6.54 Å². The van der Waals surface area contributed by atoms with Crippen LogP contribution in [0.3, 0.4) is 0 Å². The number of rotatable bonds is 4. The Morgan fingerprint density at radius 1 is 1.50 bits per heavy atom. The molecule has 0 aliphatic rings. The summed E-state index contributed by atoms with van der Waals surface area (Å²) in [6.07, 6.45) is 0. The van der Waals surface area contributed by atoms with Crippen LogP contribution in [0.15, 0.2) is 22.7 Å². The average Bonchev–Trinajstić information content (AvgIpc) is 2.17. The van der Waals surface area contributed by atoms with E-state index in [2.05, 4.69) is 26.6 Å². The van der Waals surface area contributed by atoms with E-state index in [4.69, 9.17) is 0 Å². The van der Waals surface area contributed by atoms with E-state index in [1.165, 1.54) is 12.1 Å². The summed E-state index contributed by atoms with van der Waals surface area (Å²) in [4.78, 5) is 11.1. The van der Waals surface area contributed by atoms with Crippen molar-refractivity contribution in [3.63, 3.8) is 0 Å². The van der Waals surface area contributed by atoms with Crippen LogP contribution in [0.1, 0.15) is 5.56 Å². The molecule has 0 saturated heterocycles. The first-order valence-electron chi connectivity index (χ1n) is 4.48. The van der Waals surface area contributed by atoms with Crippen molar-refractivity contribution in [3.8, 4) is 0 Å². The van der Waals surface area contributed by atoms with Crippen LogP contribution < -0.4 is 10.6 Å². The van der Waals surface area contributed by atoms with Crippen molar-refractivity contribution >= 4 is 34.2 Å². The smallest absolute Gasteiger partial charge is 0.234 e. The Morgan fingerprint density at radius 2 is 2.19 bits per heavy atom. The van der Waals surface area contributed by atoms with Crippen molar-refractivity contribution < 1.29 is 9.18 Å². The van der Waals surface area contributed by atoms with Crippen LogP contribution >= 0.6 is 28.3 Å². The van der Waals surface area contributed by atoms with Gasteiger partial charge in [-0.3, -0.25) is 4.79 Å². The molecule has 6 heteroatoms. The van der Waals surface area contributed by atoms with Gasteiger partial charge in [0.05, 0.1) is 6.54 Å². The maximum Gasteiger partial charge on any atom is 0.234 e. The highest BCUT2D eigenvalue weighted by Gasteiger charge is 2.03. The van der Waals surface area contributed by atoms with Crippen LogP contribution in [0, 0.1) is 5.82 Å². The Morgan fingerprint density at radius 3 is 2.75 bits per heavy atom. The highest BCUT2D eigenvalue weighted by Crippen LogP contribution is 2.17. The Labute approximate surface area is 108 Å². The second kappa shape index (κ2) is 7.60. The SMILES string of the molecule is CNCC(=O)NCc1ccc(F)cc1Br.Cl. The molecule has 0 heterocycles. The fourth-order valence-corrected chi connectivity index (χ4v) is 1.57. The second-order valence-electron chi connectivity index (χ2n) is 3.04. The van der Waals surface area contributed by atoms with Crippen molar-refractivity contribution in [1.82, 2.24) is 10.6 Å². The summed E-state index contributed by atoms with van der Waals surface area (Å²) >= 11 is 3.23. The van der Waals surface area contributed by atoms with E-state index in [-0.39, 0.29) is 30.7 Å². The van der Waals surface area contributed by atoms with E-state index in [1.807, 2.05) is 0 Å². The van der Waals surface area contributed by atoms with Gasteiger partial charge < -0.3 is 10.6 Å². The van der Waals surface area contributed by atoms with E-state index < -0.39 is 0 Å². The molecule has 0 atom stereocenters. The minimum absolute atomic E-state index is 0. The van der Waals surface area contributed by atoms with Gasteiger partial charge in [-0.15, -0.1) is 12.4 Å². The van der Waals surface area contributed by atoms with Crippen LogP contribution in [0.2, 0.25) is 0 Å². The molecule has 1 rings (SSSR count). The van der Waals surface area contributed by atoms with Gasteiger partial charge in [-0.05, 0) is 24.7 Å². The lowest BCUT2D eigenvalue weighted by Gasteiger charge is -2.06. The summed E-state index contributed by atoms with van der Waals surface area (Å²) < 4.78 is 13.4. The molecule has 1 aromatic rings. The van der Waals surface area contributed by atoms with E-state index in [0.29, 0.717) is 11.0 Å². The summed E-state index contributed by atoms with van der Waals surface area (Å²) in [6.45, 7) is 0.667. The van der Waals surface area contributed by atoms with Gasteiger partial charge in [0.2, 0.25) is 5.91 Å². The number of halogens is 3. The van der Waals surface area contributed by atoms with Gasteiger partial charge in [0.1, 0.15) is 5.82 Å². The zero-order valence-electron chi connectivity index (χ0n) is 8.72. The van der Waals surface area contributed by atoms with Crippen molar-refractivity contribution in [2.75, 3.05) is 13.6 Å². The molecule has 0 bridgehead atoms. The quantitative estimate of drug-likeness (QED) is 0.891. The normalized spacial score (nSPS) is 9.44. The molecule has 0 radical (unpaired) electrons. The summed E-state index contributed by atoms with van der Waals surface area (Å²) in [6, 6.07) is 4.38. The Bertz CT molecular complexity index is 363. The van der Waals surface area contributed by atoms with Gasteiger partial charge in [-0.25, -0.2) is 4.39 Å². The number of nitrogens with one attached hydrogen (secondary N) is 2. The van der Waals surface area contributed by atoms with Gasteiger partial charge in [0.15, 0.2) is 0 Å². The fraction of sp³-hybridized carbons (Fsp3) is 0.300. The van der Waals surface area contributed by atoms with Gasteiger partial charge in [-0.1, -0.05) is 22.0 Å². The van der Waals surface area contributed by atoms with Crippen LogP contribution in [0.4, 0.5) is 4.39 Å². The molecule has 90 valence electrons. The largest absolute Gasteiger partial charge is 0.351 e. The molecule has 0 fully saturated rings. The predicted molar refractivity (Wildman–Crippen MR) is 67.1 cm³/mol. The molecule has 2 N–H and O–H groups in total. The zero-order chi connectivity index (χ0) is 11.3. The van der Waals surface area contributed by atoms with E-state index in [9.17, 15) is 9.18 Å². The molecular weight excluding hydrogens is 298 g/mol. The summed E-state index contributed by atoms with van der Waals surface area (Å²) in [7, 11) is 1.70.